The zero-order valence-corrected chi connectivity index (χ0v) is 16.8. The summed E-state index contributed by atoms with van der Waals surface area (Å²) >= 11 is 0. The Balaban J connectivity index is 1.95. The van der Waals surface area contributed by atoms with Crippen molar-refractivity contribution < 1.29 is 23.3 Å². The Morgan fingerprint density at radius 3 is 2.37 bits per heavy atom. The molecule has 7 nitrogen and oxygen atoms in total. The van der Waals surface area contributed by atoms with Crippen molar-refractivity contribution in [3.63, 3.8) is 0 Å². The van der Waals surface area contributed by atoms with E-state index in [1.807, 2.05) is 12.1 Å². The first-order valence-electron chi connectivity index (χ1n) is 9.26. The smallest absolute Gasteiger partial charge is 0.163 e. The lowest BCUT2D eigenvalue weighted by molar-refractivity contribution is 0.132. The van der Waals surface area contributed by atoms with Gasteiger partial charge in [-0.2, -0.15) is 0 Å². The second-order valence-electron chi connectivity index (χ2n) is 6.15. The van der Waals surface area contributed by atoms with E-state index in [-0.39, 0.29) is 0 Å². The van der Waals surface area contributed by atoms with Crippen LogP contribution in [0.4, 0.5) is 15.9 Å². The van der Waals surface area contributed by atoms with Crippen molar-refractivity contribution in [3.8, 4) is 23.6 Å². The number of fused-ring (bicyclic) bond motifs is 1. The van der Waals surface area contributed by atoms with Crippen molar-refractivity contribution in [2.75, 3.05) is 46.0 Å². The topological polar surface area (TPSA) is 74.7 Å². The summed E-state index contributed by atoms with van der Waals surface area (Å²) in [6, 6.07) is 10.7. The van der Waals surface area contributed by atoms with Crippen LogP contribution in [0.25, 0.3) is 10.9 Å². The van der Waals surface area contributed by atoms with Gasteiger partial charge in [-0.25, -0.2) is 9.97 Å². The lowest BCUT2D eigenvalue weighted by atomic mass is 10.2. The van der Waals surface area contributed by atoms with Crippen LogP contribution in [0.15, 0.2) is 42.7 Å². The molecule has 0 bridgehead atoms. The molecule has 1 N–H and O–H groups in total. The Hall–Kier alpha value is -3.41. The van der Waals surface area contributed by atoms with Gasteiger partial charge in [0.1, 0.15) is 31.5 Å². The molecule has 0 saturated carbocycles. The van der Waals surface area contributed by atoms with E-state index in [0.717, 1.165) is 11.1 Å². The number of benzene rings is 2. The molecule has 8 heteroatoms. The largest absolute Gasteiger partial charge is 0.487 e. The van der Waals surface area contributed by atoms with Gasteiger partial charge in [0.15, 0.2) is 11.5 Å². The molecule has 0 aliphatic rings. The van der Waals surface area contributed by atoms with Gasteiger partial charge >= 0.3 is 0 Å². The minimum absolute atomic E-state index is 0.364. The number of hydrogen-bond acceptors (Lipinski definition) is 7. The lowest BCUT2D eigenvalue weighted by Gasteiger charge is -2.15. The maximum absolute atomic E-state index is 12.3. The molecule has 0 atom stereocenters. The van der Waals surface area contributed by atoms with E-state index in [1.165, 1.54) is 12.5 Å². The monoisotopic (exact) mass is 411 g/mol. The summed E-state index contributed by atoms with van der Waals surface area (Å²) in [5, 5.41) is 3.97. The summed E-state index contributed by atoms with van der Waals surface area (Å²) in [5.74, 6) is 4.07. The van der Waals surface area contributed by atoms with E-state index in [0.29, 0.717) is 54.8 Å². The third-order valence-corrected chi connectivity index (χ3v) is 4.11. The molecule has 1 aromatic heterocycles. The van der Waals surface area contributed by atoms with E-state index in [9.17, 15) is 4.39 Å². The van der Waals surface area contributed by atoms with Crippen molar-refractivity contribution in [2.24, 2.45) is 0 Å². The first-order chi connectivity index (χ1) is 14.7. The lowest BCUT2D eigenvalue weighted by Crippen LogP contribution is -2.09. The van der Waals surface area contributed by atoms with Gasteiger partial charge < -0.3 is 24.3 Å². The molecule has 0 saturated heterocycles. The van der Waals surface area contributed by atoms with Gasteiger partial charge in [0.2, 0.25) is 0 Å². The van der Waals surface area contributed by atoms with Crippen LogP contribution in [0.2, 0.25) is 0 Å². The zero-order chi connectivity index (χ0) is 21.2. The molecule has 0 aliphatic heterocycles. The van der Waals surface area contributed by atoms with Crippen LogP contribution in [0, 0.1) is 12.1 Å². The maximum Gasteiger partial charge on any atom is 0.163 e. The number of halogens is 1. The number of ether oxygens (including phenoxy) is 4. The van der Waals surface area contributed by atoms with Crippen LogP contribution >= 0.6 is 0 Å². The first kappa shape index (κ1) is 21.3. The number of aromatic nitrogens is 2. The standard InChI is InChI=1S/C22H22FN3O4/c1-27-8-10-29-20-13-18-19(14-21(20)30-11-9-28-2)24-15-25-22(18)26-17-5-3-4-16(12-17)6-7-23/h3-5,12-15H,8-11H2,1-2H3,(H,24,25,26). The molecule has 1 heterocycles. The van der Waals surface area contributed by atoms with Crippen LogP contribution in [0.5, 0.6) is 11.5 Å². The molecule has 0 fully saturated rings. The molecule has 0 spiro atoms. The van der Waals surface area contributed by atoms with Crippen molar-refractivity contribution in [3.05, 3.63) is 48.3 Å². The van der Waals surface area contributed by atoms with Crippen molar-refractivity contribution in [1.29, 1.82) is 0 Å². The summed E-state index contributed by atoms with van der Waals surface area (Å²) in [4.78, 5) is 8.69. The fourth-order valence-corrected chi connectivity index (χ4v) is 2.73. The Kier molecular flexibility index (Phi) is 7.78. The van der Waals surface area contributed by atoms with Gasteiger partial charge in [-0.15, -0.1) is 4.39 Å². The number of anilines is 2. The summed E-state index contributed by atoms with van der Waals surface area (Å²) in [5.41, 5.74) is 1.95. The predicted octanol–water partition coefficient (Wildman–Crippen LogP) is 3.70. The second-order valence-corrected chi connectivity index (χ2v) is 6.15. The minimum Gasteiger partial charge on any atom is -0.487 e. The van der Waals surface area contributed by atoms with Crippen molar-refractivity contribution in [2.45, 2.75) is 0 Å². The van der Waals surface area contributed by atoms with Crippen LogP contribution in [0.3, 0.4) is 0 Å². The maximum atomic E-state index is 12.3. The number of nitrogens with zero attached hydrogens (tertiary/aromatic N) is 2. The van der Waals surface area contributed by atoms with Gasteiger partial charge in [-0.3, -0.25) is 0 Å². The Bertz CT molecular complexity index is 1050. The first-order valence-corrected chi connectivity index (χ1v) is 9.26. The second kappa shape index (κ2) is 11.0. The van der Waals surface area contributed by atoms with Gasteiger partial charge in [0, 0.05) is 36.9 Å². The highest BCUT2D eigenvalue weighted by atomic mass is 19.1. The molecule has 156 valence electrons. The fraction of sp³-hybridized carbons (Fsp3) is 0.273. The van der Waals surface area contributed by atoms with Crippen LogP contribution < -0.4 is 14.8 Å². The molecular formula is C22H22FN3O4. The summed E-state index contributed by atoms with van der Waals surface area (Å²) < 4.78 is 34.1. The molecule has 30 heavy (non-hydrogen) atoms. The highest BCUT2D eigenvalue weighted by Crippen LogP contribution is 2.35. The molecule has 2 aromatic carbocycles. The van der Waals surface area contributed by atoms with Gasteiger partial charge in [0.25, 0.3) is 0 Å². The molecule has 0 amide bonds. The average Bonchev–Trinajstić information content (AvgIpc) is 2.75. The number of methoxy groups -OCH3 is 2. The number of nitrogens with one attached hydrogen (secondary N) is 1. The van der Waals surface area contributed by atoms with E-state index < -0.39 is 0 Å². The van der Waals surface area contributed by atoms with Gasteiger partial charge in [0.05, 0.1) is 18.7 Å². The predicted molar refractivity (Wildman–Crippen MR) is 112 cm³/mol. The van der Waals surface area contributed by atoms with E-state index in [4.69, 9.17) is 18.9 Å². The normalized spacial score (nSPS) is 10.4. The third-order valence-electron chi connectivity index (χ3n) is 4.11. The van der Waals surface area contributed by atoms with Crippen LogP contribution in [0.1, 0.15) is 5.56 Å². The summed E-state index contributed by atoms with van der Waals surface area (Å²) in [7, 11) is 3.22. The summed E-state index contributed by atoms with van der Waals surface area (Å²) in [6.07, 6.45) is 2.87. The summed E-state index contributed by atoms with van der Waals surface area (Å²) in [6.45, 7) is 1.63. The Morgan fingerprint density at radius 1 is 0.933 bits per heavy atom. The van der Waals surface area contributed by atoms with Crippen LogP contribution in [-0.2, 0) is 9.47 Å². The quantitative estimate of drug-likeness (QED) is 0.403. The average molecular weight is 411 g/mol. The molecule has 3 aromatic rings. The van der Waals surface area contributed by atoms with E-state index >= 15 is 0 Å². The minimum atomic E-state index is 0.364. The number of rotatable bonds is 10. The molecule has 0 radical (unpaired) electrons. The molecule has 0 aliphatic carbocycles. The Labute approximate surface area is 174 Å². The van der Waals surface area contributed by atoms with Gasteiger partial charge in [-0.1, -0.05) is 6.07 Å². The van der Waals surface area contributed by atoms with Crippen molar-refractivity contribution in [1.82, 2.24) is 9.97 Å². The van der Waals surface area contributed by atoms with Crippen LogP contribution in [-0.4, -0.2) is 50.6 Å². The molecule has 3 rings (SSSR count). The third kappa shape index (κ3) is 5.56. The molecule has 0 unspecified atom stereocenters. The van der Waals surface area contributed by atoms with Crippen molar-refractivity contribution >= 4 is 22.4 Å². The van der Waals surface area contributed by atoms with E-state index in [2.05, 4.69) is 21.2 Å². The molecular weight excluding hydrogens is 389 g/mol. The van der Waals surface area contributed by atoms with E-state index in [1.54, 1.807) is 38.5 Å². The SMILES string of the molecule is COCCOc1cc2ncnc(Nc3cccc(C#CF)c3)c2cc1OCCOC. The zero-order valence-electron chi connectivity index (χ0n) is 16.8. The highest BCUT2D eigenvalue weighted by Gasteiger charge is 2.13. The fourth-order valence-electron chi connectivity index (χ4n) is 2.73. The van der Waals surface area contributed by atoms with Gasteiger partial charge in [-0.05, 0) is 30.2 Å². The Morgan fingerprint density at radius 2 is 1.67 bits per heavy atom. The highest BCUT2D eigenvalue weighted by molar-refractivity contribution is 5.93. The number of hydrogen-bond donors (Lipinski definition) is 1.